The molecule has 1 amide bonds. The van der Waals surface area contributed by atoms with Gasteiger partial charge < -0.3 is 10.1 Å². The standard InChI is InChI=1S/C24H23ClN2O5S/c1-4-32-24(29)18-8-7-16(3)22(14-18)26-23(28)17-9-12-21(20(25)13-17)27-33(30,31)19-10-5-15(2)6-11-19/h5-14,27H,4H2,1-3H3,(H,26,28). The molecule has 0 radical (unpaired) electrons. The number of hydrogen-bond donors (Lipinski definition) is 2. The molecule has 172 valence electrons. The average Bonchev–Trinajstić information content (AvgIpc) is 2.77. The van der Waals surface area contributed by atoms with Crippen molar-refractivity contribution in [3.63, 3.8) is 0 Å². The summed E-state index contributed by atoms with van der Waals surface area (Å²) < 4.78 is 32.6. The van der Waals surface area contributed by atoms with Gasteiger partial charge in [0, 0.05) is 11.3 Å². The molecule has 0 saturated carbocycles. The number of carbonyl (C=O) groups excluding carboxylic acids is 2. The summed E-state index contributed by atoms with van der Waals surface area (Å²) in [6.45, 7) is 5.61. The Labute approximate surface area is 197 Å². The molecule has 0 spiro atoms. The summed E-state index contributed by atoms with van der Waals surface area (Å²) in [5, 5.41) is 2.81. The van der Waals surface area contributed by atoms with Crippen molar-refractivity contribution in [3.8, 4) is 0 Å². The van der Waals surface area contributed by atoms with E-state index in [1.165, 1.54) is 36.4 Å². The molecule has 0 aliphatic carbocycles. The van der Waals surface area contributed by atoms with Crippen LogP contribution >= 0.6 is 11.6 Å². The number of sulfonamides is 1. The smallest absolute Gasteiger partial charge is 0.338 e. The van der Waals surface area contributed by atoms with Gasteiger partial charge >= 0.3 is 5.97 Å². The van der Waals surface area contributed by atoms with Crippen molar-refractivity contribution in [2.24, 2.45) is 0 Å². The molecule has 0 bridgehead atoms. The van der Waals surface area contributed by atoms with E-state index in [0.717, 1.165) is 11.1 Å². The molecule has 9 heteroatoms. The van der Waals surface area contributed by atoms with Crippen LogP contribution in [0.1, 0.15) is 38.8 Å². The lowest BCUT2D eigenvalue weighted by Crippen LogP contribution is -2.15. The van der Waals surface area contributed by atoms with Crippen molar-refractivity contribution in [1.29, 1.82) is 0 Å². The zero-order chi connectivity index (χ0) is 24.2. The SMILES string of the molecule is CCOC(=O)c1ccc(C)c(NC(=O)c2ccc(NS(=O)(=O)c3ccc(C)cc3)c(Cl)c2)c1. The number of anilines is 2. The van der Waals surface area contributed by atoms with E-state index in [1.54, 1.807) is 38.1 Å². The lowest BCUT2D eigenvalue weighted by atomic mass is 10.1. The lowest BCUT2D eigenvalue weighted by molar-refractivity contribution is 0.0526. The van der Waals surface area contributed by atoms with Crippen molar-refractivity contribution in [2.45, 2.75) is 25.7 Å². The second-order valence-electron chi connectivity index (χ2n) is 7.32. The van der Waals surface area contributed by atoms with E-state index in [9.17, 15) is 18.0 Å². The number of carbonyl (C=O) groups is 2. The van der Waals surface area contributed by atoms with Crippen LogP contribution in [-0.4, -0.2) is 26.9 Å². The van der Waals surface area contributed by atoms with Gasteiger partial charge in [0.1, 0.15) is 0 Å². The van der Waals surface area contributed by atoms with Crippen LogP contribution in [0.2, 0.25) is 5.02 Å². The maximum Gasteiger partial charge on any atom is 0.338 e. The predicted octanol–water partition coefficient (Wildman–Crippen LogP) is 5.19. The number of esters is 1. The molecule has 0 saturated heterocycles. The highest BCUT2D eigenvalue weighted by molar-refractivity contribution is 7.92. The Bertz CT molecular complexity index is 1300. The summed E-state index contributed by atoms with van der Waals surface area (Å²) in [4.78, 5) is 24.8. The molecule has 3 rings (SSSR count). The molecule has 2 N–H and O–H groups in total. The third-order valence-corrected chi connectivity index (χ3v) is 6.50. The van der Waals surface area contributed by atoms with Gasteiger partial charge in [0.25, 0.3) is 15.9 Å². The van der Waals surface area contributed by atoms with Gasteiger partial charge in [-0.2, -0.15) is 0 Å². The minimum absolute atomic E-state index is 0.0651. The van der Waals surface area contributed by atoms with E-state index in [1.807, 2.05) is 6.92 Å². The topological polar surface area (TPSA) is 102 Å². The van der Waals surface area contributed by atoms with Gasteiger partial charge in [0.15, 0.2) is 0 Å². The van der Waals surface area contributed by atoms with Crippen molar-refractivity contribution in [1.82, 2.24) is 0 Å². The number of aryl methyl sites for hydroxylation is 2. The van der Waals surface area contributed by atoms with Crippen LogP contribution < -0.4 is 10.0 Å². The molecule has 0 aromatic heterocycles. The molecule has 0 fully saturated rings. The van der Waals surface area contributed by atoms with E-state index in [-0.39, 0.29) is 27.8 Å². The normalized spacial score (nSPS) is 11.0. The predicted molar refractivity (Wildman–Crippen MR) is 129 cm³/mol. The van der Waals surface area contributed by atoms with Gasteiger partial charge in [-0.15, -0.1) is 0 Å². The Hall–Kier alpha value is -3.36. The van der Waals surface area contributed by atoms with Crippen LogP contribution in [0, 0.1) is 13.8 Å². The summed E-state index contributed by atoms with van der Waals surface area (Å²) >= 11 is 6.26. The molecule has 0 aliphatic rings. The second kappa shape index (κ2) is 10.1. The van der Waals surface area contributed by atoms with Crippen LogP contribution in [0.25, 0.3) is 0 Å². The van der Waals surface area contributed by atoms with Gasteiger partial charge in [-0.05, 0) is 68.8 Å². The van der Waals surface area contributed by atoms with Crippen LogP contribution in [0.4, 0.5) is 11.4 Å². The maximum absolute atomic E-state index is 12.8. The number of nitrogens with one attached hydrogen (secondary N) is 2. The van der Waals surface area contributed by atoms with Gasteiger partial charge in [-0.25, -0.2) is 13.2 Å². The third-order valence-electron chi connectivity index (χ3n) is 4.80. The molecule has 7 nitrogen and oxygen atoms in total. The van der Waals surface area contributed by atoms with Gasteiger partial charge in [0.2, 0.25) is 0 Å². The van der Waals surface area contributed by atoms with Crippen LogP contribution in [0.5, 0.6) is 0 Å². The number of ether oxygens (including phenoxy) is 1. The molecular formula is C24H23ClN2O5S. The van der Waals surface area contributed by atoms with Gasteiger partial charge in [-0.1, -0.05) is 35.4 Å². The summed E-state index contributed by atoms with van der Waals surface area (Å²) in [5.41, 5.74) is 2.83. The highest BCUT2D eigenvalue weighted by Crippen LogP contribution is 2.27. The first-order valence-electron chi connectivity index (χ1n) is 10.1. The first-order valence-corrected chi connectivity index (χ1v) is 11.9. The van der Waals surface area contributed by atoms with Crippen LogP contribution in [0.15, 0.2) is 65.6 Å². The van der Waals surface area contributed by atoms with E-state index in [4.69, 9.17) is 16.3 Å². The fraction of sp³-hybridized carbons (Fsp3) is 0.167. The number of rotatable bonds is 7. The van der Waals surface area contributed by atoms with Crippen molar-refractivity contribution in [3.05, 3.63) is 87.9 Å². The summed E-state index contributed by atoms with van der Waals surface area (Å²) in [7, 11) is -3.84. The van der Waals surface area contributed by atoms with E-state index in [2.05, 4.69) is 10.0 Å². The first-order chi connectivity index (χ1) is 15.6. The first kappa shape index (κ1) is 24.3. The molecule has 33 heavy (non-hydrogen) atoms. The highest BCUT2D eigenvalue weighted by atomic mass is 35.5. The Morgan fingerprint density at radius 1 is 0.909 bits per heavy atom. The zero-order valence-corrected chi connectivity index (χ0v) is 19.9. The fourth-order valence-electron chi connectivity index (χ4n) is 2.95. The third kappa shape index (κ3) is 5.91. The summed E-state index contributed by atoms with van der Waals surface area (Å²) in [6, 6.07) is 15.5. The van der Waals surface area contributed by atoms with Crippen LogP contribution in [-0.2, 0) is 14.8 Å². The Morgan fingerprint density at radius 2 is 1.58 bits per heavy atom. The molecule has 0 heterocycles. The molecule has 3 aromatic carbocycles. The van der Waals surface area contributed by atoms with Gasteiger partial charge in [-0.3, -0.25) is 9.52 Å². The lowest BCUT2D eigenvalue weighted by Gasteiger charge is -2.13. The monoisotopic (exact) mass is 486 g/mol. The summed E-state index contributed by atoms with van der Waals surface area (Å²) in [6.07, 6.45) is 0. The van der Waals surface area contributed by atoms with Crippen molar-refractivity contribution in [2.75, 3.05) is 16.6 Å². The average molecular weight is 487 g/mol. The van der Waals surface area contributed by atoms with Crippen molar-refractivity contribution < 1.29 is 22.7 Å². The zero-order valence-electron chi connectivity index (χ0n) is 18.3. The maximum atomic E-state index is 12.8. The van der Waals surface area contributed by atoms with E-state index < -0.39 is 21.9 Å². The number of halogens is 1. The molecule has 0 aliphatic heterocycles. The minimum atomic E-state index is -3.84. The number of amides is 1. The Kier molecular flexibility index (Phi) is 7.40. The Balaban J connectivity index is 1.78. The van der Waals surface area contributed by atoms with E-state index in [0.29, 0.717) is 11.3 Å². The quantitative estimate of drug-likeness (QED) is 0.448. The minimum Gasteiger partial charge on any atom is -0.462 e. The highest BCUT2D eigenvalue weighted by Gasteiger charge is 2.17. The summed E-state index contributed by atoms with van der Waals surface area (Å²) in [5.74, 6) is -0.949. The van der Waals surface area contributed by atoms with Crippen molar-refractivity contribution >= 4 is 44.9 Å². The molecule has 3 aromatic rings. The van der Waals surface area contributed by atoms with Crippen LogP contribution in [0.3, 0.4) is 0 Å². The molecule has 0 atom stereocenters. The van der Waals surface area contributed by atoms with E-state index >= 15 is 0 Å². The number of benzene rings is 3. The largest absolute Gasteiger partial charge is 0.462 e. The number of hydrogen-bond acceptors (Lipinski definition) is 5. The second-order valence-corrected chi connectivity index (χ2v) is 9.41. The fourth-order valence-corrected chi connectivity index (χ4v) is 4.32. The Morgan fingerprint density at radius 3 is 2.21 bits per heavy atom. The molecular weight excluding hydrogens is 464 g/mol. The van der Waals surface area contributed by atoms with Gasteiger partial charge in [0.05, 0.1) is 27.8 Å². The molecule has 0 unspecified atom stereocenters.